The van der Waals surface area contributed by atoms with Crippen LogP contribution in [0.3, 0.4) is 0 Å². The van der Waals surface area contributed by atoms with Crippen molar-refractivity contribution in [3.63, 3.8) is 0 Å². The number of nitrogens with zero attached hydrogens (tertiary/aromatic N) is 1. The van der Waals surface area contributed by atoms with Gasteiger partial charge in [0.1, 0.15) is 12.4 Å². The third kappa shape index (κ3) is 3.21. The molecule has 0 bridgehead atoms. The molecule has 0 fully saturated rings. The molecule has 0 N–H and O–H groups in total. The Kier molecular flexibility index (Phi) is 4.47. The van der Waals surface area contributed by atoms with Crippen molar-refractivity contribution in [2.75, 3.05) is 0 Å². The Bertz CT molecular complexity index is 657. The molecule has 6 heteroatoms. The van der Waals surface area contributed by atoms with Crippen LogP contribution in [0.4, 0.5) is 5.69 Å². The van der Waals surface area contributed by atoms with Crippen LogP contribution in [0.25, 0.3) is 0 Å². The Morgan fingerprint density at radius 1 is 1.25 bits per heavy atom. The highest BCUT2D eigenvalue weighted by molar-refractivity contribution is 9.10. The summed E-state index contributed by atoms with van der Waals surface area (Å²) in [4.78, 5) is 21.2. The van der Waals surface area contributed by atoms with Crippen molar-refractivity contribution in [2.45, 2.75) is 6.61 Å². The van der Waals surface area contributed by atoms with Gasteiger partial charge in [-0.25, -0.2) is 0 Å². The summed E-state index contributed by atoms with van der Waals surface area (Å²) in [5, 5.41) is 10.7. The van der Waals surface area contributed by atoms with E-state index in [4.69, 9.17) is 4.74 Å². The molecule has 0 saturated heterocycles. The van der Waals surface area contributed by atoms with Gasteiger partial charge in [-0.3, -0.25) is 14.9 Å². The predicted molar refractivity (Wildman–Crippen MR) is 77.0 cm³/mol. The second-order valence-electron chi connectivity index (χ2n) is 3.99. The lowest BCUT2D eigenvalue weighted by atomic mass is 10.2. The average Bonchev–Trinajstić information content (AvgIpc) is 2.46. The zero-order valence-corrected chi connectivity index (χ0v) is 11.9. The Labute approximate surface area is 123 Å². The van der Waals surface area contributed by atoms with Gasteiger partial charge in [-0.15, -0.1) is 0 Å². The molecule has 0 aliphatic heterocycles. The smallest absolute Gasteiger partial charge is 0.269 e. The summed E-state index contributed by atoms with van der Waals surface area (Å²) >= 11 is 3.31. The molecule has 0 aliphatic carbocycles. The number of aldehydes is 1. The fourth-order valence-electron chi connectivity index (χ4n) is 1.69. The molecule has 2 aromatic rings. The molecule has 0 amide bonds. The van der Waals surface area contributed by atoms with Gasteiger partial charge in [-0.2, -0.15) is 0 Å². The molecule has 5 nitrogen and oxygen atoms in total. The van der Waals surface area contributed by atoms with Crippen molar-refractivity contribution in [1.29, 1.82) is 0 Å². The van der Waals surface area contributed by atoms with Gasteiger partial charge in [0, 0.05) is 12.1 Å². The molecule has 0 unspecified atom stereocenters. The fraction of sp³-hybridized carbons (Fsp3) is 0.0714. The van der Waals surface area contributed by atoms with Crippen molar-refractivity contribution in [3.8, 4) is 5.75 Å². The topological polar surface area (TPSA) is 69.4 Å². The number of para-hydroxylation sites is 1. The normalized spacial score (nSPS) is 10.1. The van der Waals surface area contributed by atoms with Gasteiger partial charge in [-0.05, 0) is 33.6 Å². The molecule has 0 radical (unpaired) electrons. The standard InChI is InChI=1S/C14H10BrNO4/c15-13-6-2-4-11(8-17)14(13)20-9-10-3-1-5-12(7-10)16(18)19/h1-8H,9H2. The monoisotopic (exact) mass is 335 g/mol. The van der Waals surface area contributed by atoms with Gasteiger partial charge in [-0.1, -0.05) is 18.2 Å². The lowest BCUT2D eigenvalue weighted by molar-refractivity contribution is -0.384. The van der Waals surface area contributed by atoms with Gasteiger partial charge in [0.05, 0.1) is 15.0 Å². The Morgan fingerprint density at radius 2 is 2.00 bits per heavy atom. The highest BCUT2D eigenvalue weighted by atomic mass is 79.9. The minimum Gasteiger partial charge on any atom is -0.487 e. The third-order valence-electron chi connectivity index (χ3n) is 2.63. The lowest BCUT2D eigenvalue weighted by Gasteiger charge is -2.10. The van der Waals surface area contributed by atoms with Crippen molar-refractivity contribution < 1.29 is 14.5 Å². The number of carbonyl (C=O) groups excluding carboxylic acids is 1. The van der Waals surface area contributed by atoms with E-state index in [1.165, 1.54) is 12.1 Å². The number of carbonyl (C=O) groups is 1. The summed E-state index contributed by atoms with van der Waals surface area (Å²) < 4.78 is 6.24. The van der Waals surface area contributed by atoms with Crippen molar-refractivity contribution >= 4 is 27.9 Å². The van der Waals surface area contributed by atoms with Crippen LogP contribution < -0.4 is 4.74 Å². The van der Waals surface area contributed by atoms with E-state index in [1.807, 2.05) is 0 Å². The highest BCUT2D eigenvalue weighted by Crippen LogP contribution is 2.29. The quantitative estimate of drug-likeness (QED) is 0.474. The molecule has 0 aromatic heterocycles. The van der Waals surface area contributed by atoms with Crippen LogP contribution in [0.15, 0.2) is 46.9 Å². The fourth-order valence-corrected chi connectivity index (χ4v) is 2.18. The zero-order valence-electron chi connectivity index (χ0n) is 10.3. The van der Waals surface area contributed by atoms with E-state index in [2.05, 4.69) is 15.9 Å². The number of hydrogen-bond donors (Lipinski definition) is 0. The van der Waals surface area contributed by atoms with E-state index < -0.39 is 4.92 Å². The number of non-ortho nitro benzene ring substituents is 1. The van der Waals surface area contributed by atoms with Crippen LogP contribution in [0, 0.1) is 10.1 Å². The maximum Gasteiger partial charge on any atom is 0.269 e. The predicted octanol–water partition coefficient (Wildman–Crippen LogP) is 3.75. The second-order valence-corrected chi connectivity index (χ2v) is 4.85. The molecule has 102 valence electrons. The Morgan fingerprint density at radius 3 is 2.70 bits per heavy atom. The number of rotatable bonds is 5. The number of benzene rings is 2. The van der Waals surface area contributed by atoms with Crippen LogP contribution in [0.5, 0.6) is 5.75 Å². The largest absolute Gasteiger partial charge is 0.487 e. The first-order valence-electron chi connectivity index (χ1n) is 5.71. The van der Waals surface area contributed by atoms with E-state index in [9.17, 15) is 14.9 Å². The van der Waals surface area contributed by atoms with Crippen LogP contribution in [-0.2, 0) is 6.61 Å². The summed E-state index contributed by atoms with van der Waals surface area (Å²) in [6, 6.07) is 11.3. The molecule has 0 aliphatic rings. The molecule has 2 aromatic carbocycles. The summed E-state index contributed by atoms with van der Waals surface area (Å²) in [5.74, 6) is 0.425. The first-order chi connectivity index (χ1) is 9.61. The number of hydrogen-bond acceptors (Lipinski definition) is 4. The van der Waals surface area contributed by atoms with Gasteiger partial charge < -0.3 is 4.74 Å². The molecule has 0 saturated carbocycles. The number of ether oxygens (including phenoxy) is 1. The van der Waals surface area contributed by atoms with Crippen LogP contribution in [0.2, 0.25) is 0 Å². The minimum atomic E-state index is -0.460. The molecule has 0 atom stereocenters. The van der Waals surface area contributed by atoms with E-state index in [0.29, 0.717) is 27.6 Å². The molecular formula is C14H10BrNO4. The molecule has 20 heavy (non-hydrogen) atoms. The molecule has 0 heterocycles. The van der Waals surface area contributed by atoms with Gasteiger partial charge >= 0.3 is 0 Å². The maximum atomic E-state index is 10.9. The number of halogens is 1. The van der Waals surface area contributed by atoms with Crippen molar-refractivity contribution in [2.24, 2.45) is 0 Å². The van der Waals surface area contributed by atoms with Gasteiger partial charge in [0.2, 0.25) is 0 Å². The SMILES string of the molecule is O=Cc1cccc(Br)c1OCc1cccc([N+](=O)[O-])c1. The summed E-state index contributed by atoms with van der Waals surface area (Å²) in [6.07, 6.45) is 0.702. The first kappa shape index (κ1) is 14.2. The summed E-state index contributed by atoms with van der Waals surface area (Å²) in [5.41, 5.74) is 1.09. The van der Waals surface area contributed by atoms with E-state index >= 15 is 0 Å². The van der Waals surface area contributed by atoms with E-state index in [0.717, 1.165) is 0 Å². The molecule has 0 spiro atoms. The highest BCUT2D eigenvalue weighted by Gasteiger charge is 2.09. The van der Waals surface area contributed by atoms with Crippen molar-refractivity contribution in [3.05, 3.63) is 68.2 Å². The van der Waals surface area contributed by atoms with Crippen LogP contribution >= 0.6 is 15.9 Å². The van der Waals surface area contributed by atoms with Gasteiger partial charge in [0.25, 0.3) is 5.69 Å². The van der Waals surface area contributed by atoms with Crippen LogP contribution in [-0.4, -0.2) is 11.2 Å². The summed E-state index contributed by atoms with van der Waals surface area (Å²) in [7, 11) is 0. The van der Waals surface area contributed by atoms with Crippen LogP contribution in [0.1, 0.15) is 15.9 Å². The van der Waals surface area contributed by atoms with Gasteiger partial charge in [0.15, 0.2) is 6.29 Å². The molecular weight excluding hydrogens is 326 g/mol. The second kappa shape index (κ2) is 6.29. The lowest BCUT2D eigenvalue weighted by Crippen LogP contribution is -2.00. The third-order valence-corrected chi connectivity index (χ3v) is 3.25. The Balaban J connectivity index is 2.19. The minimum absolute atomic E-state index is 0.00818. The van der Waals surface area contributed by atoms with Crippen molar-refractivity contribution in [1.82, 2.24) is 0 Å². The Hall–Kier alpha value is -2.21. The number of nitro benzene ring substituents is 1. The van der Waals surface area contributed by atoms with E-state index in [-0.39, 0.29) is 12.3 Å². The van der Waals surface area contributed by atoms with E-state index in [1.54, 1.807) is 30.3 Å². The average molecular weight is 336 g/mol. The zero-order chi connectivity index (χ0) is 14.5. The number of nitro groups is 1. The summed E-state index contributed by atoms with van der Waals surface area (Å²) in [6.45, 7) is 0.144. The first-order valence-corrected chi connectivity index (χ1v) is 6.51. The maximum absolute atomic E-state index is 10.9. The molecule has 2 rings (SSSR count).